The molecule has 112 valence electrons. The fourth-order valence-corrected chi connectivity index (χ4v) is 3.84. The van der Waals surface area contributed by atoms with Crippen LogP contribution in [0.3, 0.4) is 0 Å². The number of hydrogen-bond acceptors (Lipinski definition) is 4. The SMILES string of the molecule is CC1CCCN(S(=O)(=O)CCOc2cccc(N)c2)C1. The molecule has 1 aliphatic rings. The van der Waals surface area contributed by atoms with Gasteiger partial charge in [-0.25, -0.2) is 12.7 Å². The summed E-state index contributed by atoms with van der Waals surface area (Å²) < 4.78 is 31.5. The molecule has 1 saturated heterocycles. The van der Waals surface area contributed by atoms with Crippen LogP contribution in [-0.4, -0.2) is 38.2 Å². The molecule has 0 aromatic heterocycles. The lowest BCUT2D eigenvalue weighted by Gasteiger charge is -2.29. The van der Waals surface area contributed by atoms with Crippen molar-refractivity contribution in [2.75, 3.05) is 31.2 Å². The van der Waals surface area contributed by atoms with E-state index in [0.717, 1.165) is 12.8 Å². The van der Waals surface area contributed by atoms with Crippen LogP contribution in [0.5, 0.6) is 5.75 Å². The van der Waals surface area contributed by atoms with Gasteiger partial charge in [-0.1, -0.05) is 13.0 Å². The van der Waals surface area contributed by atoms with Crippen molar-refractivity contribution in [3.05, 3.63) is 24.3 Å². The molecule has 5 nitrogen and oxygen atoms in total. The number of nitrogens with zero attached hydrogens (tertiary/aromatic N) is 1. The Morgan fingerprint density at radius 1 is 1.45 bits per heavy atom. The summed E-state index contributed by atoms with van der Waals surface area (Å²) in [6.07, 6.45) is 2.04. The molecule has 2 N–H and O–H groups in total. The molecule has 20 heavy (non-hydrogen) atoms. The van der Waals surface area contributed by atoms with Crippen molar-refractivity contribution in [2.24, 2.45) is 5.92 Å². The lowest BCUT2D eigenvalue weighted by atomic mass is 10.0. The summed E-state index contributed by atoms with van der Waals surface area (Å²) in [4.78, 5) is 0. The number of sulfonamides is 1. The van der Waals surface area contributed by atoms with Crippen molar-refractivity contribution in [1.82, 2.24) is 4.31 Å². The van der Waals surface area contributed by atoms with E-state index in [9.17, 15) is 8.42 Å². The van der Waals surface area contributed by atoms with E-state index in [2.05, 4.69) is 6.92 Å². The highest BCUT2D eigenvalue weighted by atomic mass is 32.2. The zero-order chi connectivity index (χ0) is 14.6. The predicted octanol–water partition coefficient (Wildman–Crippen LogP) is 1.71. The Morgan fingerprint density at radius 2 is 2.25 bits per heavy atom. The van der Waals surface area contributed by atoms with E-state index >= 15 is 0 Å². The van der Waals surface area contributed by atoms with Crippen LogP contribution in [0.1, 0.15) is 19.8 Å². The number of rotatable bonds is 5. The fraction of sp³-hybridized carbons (Fsp3) is 0.571. The molecule has 1 unspecified atom stereocenters. The van der Waals surface area contributed by atoms with E-state index in [1.165, 1.54) is 0 Å². The van der Waals surface area contributed by atoms with E-state index in [4.69, 9.17) is 10.5 Å². The Balaban J connectivity index is 1.86. The van der Waals surface area contributed by atoms with Gasteiger partial charge in [0.2, 0.25) is 10.0 Å². The highest BCUT2D eigenvalue weighted by molar-refractivity contribution is 7.89. The van der Waals surface area contributed by atoms with Gasteiger partial charge in [0, 0.05) is 24.8 Å². The third-order valence-corrected chi connectivity index (χ3v) is 5.28. The van der Waals surface area contributed by atoms with Gasteiger partial charge < -0.3 is 10.5 Å². The van der Waals surface area contributed by atoms with Gasteiger partial charge in [-0.3, -0.25) is 0 Å². The van der Waals surface area contributed by atoms with Crippen LogP contribution in [0.15, 0.2) is 24.3 Å². The second kappa shape index (κ2) is 6.45. The molecule has 2 rings (SSSR count). The lowest BCUT2D eigenvalue weighted by Crippen LogP contribution is -2.41. The van der Waals surface area contributed by atoms with Crippen molar-refractivity contribution >= 4 is 15.7 Å². The molecule has 0 bridgehead atoms. The van der Waals surface area contributed by atoms with E-state index in [1.807, 2.05) is 0 Å². The van der Waals surface area contributed by atoms with Gasteiger partial charge in [0.1, 0.15) is 12.4 Å². The number of hydrogen-bond donors (Lipinski definition) is 1. The number of nitrogen functional groups attached to an aromatic ring is 1. The molecule has 6 heteroatoms. The first kappa shape index (κ1) is 15.1. The predicted molar refractivity (Wildman–Crippen MR) is 80.1 cm³/mol. The van der Waals surface area contributed by atoms with Crippen LogP contribution in [0.4, 0.5) is 5.69 Å². The largest absolute Gasteiger partial charge is 0.492 e. The first-order valence-corrected chi connectivity index (χ1v) is 8.54. The van der Waals surface area contributed by atoms with Gasteiger partial charge in [-0.15, -0.1) is 0 Å². The Morgan fingerprint density at radius 3 is 2.95 bits per heavy atom. The third-order valence-electron chi connectivity index (χ3n) is 3.48. The Hall–Kier alpha value is -1.27. The molecule has 1 aliphatic heterocycles. The van der Waals surface area contributed by atoms with E-state index in [1.54, 1.807) is 28.6 Å². The van der Waals surface area contributed by atoms with Crippen LogP contribution in [0.25, 0.3) is 0 Å². The van der Waals surface area contributed by atoms with Crippen molar-refractivity contribution < 1.29 is 13.2 Å². The zero-order valence-corrected chi connectivity index (χ0v) is 12.6. The molecule has 0 saturated carbocycles. The number of nitrogens with two attached hydrogens (primary N) is 1. The van der Waals surface area contributed by atoms with Gasteiger partial charge in [-0.2, -0.15) is 0 Å². The van der Waals surface area contributed by atoms with Crippen LogP contribution in [-0.2, 0) is 10.0 Å². The molecule has 0 spiro atoms. The minimum atomic E-state index is -3.22. The Bertz CT molecular complexity index is 545. The average Bonchev–Trinajstić information content (AvgIpc) is 2.38. The average molecular weight is 298 g/mol. The normalized spacial score (nSPS) is 20.8. The highest BCUT2D eigenvalue weighted by Crippen LogP contribution is 2.19. The van der Waals surface area contributed by atoms with Crippen LogP contribution < -0.4 is 10.5 Å². The van der Waals surface area contributed by atoms with Crippen LogP contribution >= 0.6 is 0 Å². The molecule has 1 atom stereocenters. The van der Waals surface area contributed by atoms with Crippen LogP contribution in [0, 0.1) is 5.92 Å². The van der Waals surface area contributed by atoms with E-state index < -0.39 is 10.0 Å². The summed E-state index contributed by atoms with van der Waals surface area (Å²) in [6, 6.07) is 7.01. The summed E-state index contributed by atoms with van der Waals surface area (Å²) in [5.41, 5.74) is 6.25. The molecule has 1 aromatic carbocycles. The first-order valence-electron chi connectivity index (χ1n) is 6.93. The first-order chi connectivity index (χ1) is 9.47. The maximum Gasteiger partial charge on any atom is 0.217 e. The zero-order valence-electron chi connectivity index (χ0n) is 11.8. The van der Waals surface area contributed by atoms with Gasteiger partial charge in [-0.05, 0) is 30.9 Å². The molecule has 1 heterocycles. The monoisotopic (exact) mass is 298 g/mol. The van der Waals surface area contributed by atoms with Crippen molar-refractivity contribution in [1.29, 1.82) is 0 Å². The standard InChI is InChI=1S/C14H22N2O3S/c1-12-4-3-7-16(11-12)20(17,18)9-8-19-14-6-2-5-13(15)10-14/h2,5-6,10,12H,3-4,7-9,11,15H2,1H3. The lowest BCUT2D eigenvalue weighted by molar-refractivity contribution is 0.276. The summed E-state index contributed by atoms with van der Waals surface area (Å²) in [7, 11) is -3.22. The maximum atomic E-state index is 12.2. The quantitative estimate of drug-likeness (QED) is 0.840. The van der Waals surface area contributed by atoms with Gasteiger partial charge in [0.05, 0.1) is 5.75 Å². The van der Waals surface area contributed by atoms with Crippen molar-refractivity contribution in [3.63, 3.8) is 0 Å². The number of piperidine rings is 1. The molecule has 1 aromatic rings. The fourth-order valence-electron chi connectivity index (χ4n) is 2.40. The molecule has 0 aliphatic carbocycles. The van der Waals surface area contributed by atoms with E-state index in [-0.39, 0.29) is 12.4 Å². The summed E-state index contributed by atoms with van der Waals surface area (Å²) in [5.74, 6) is 1.05. The third kappa shape index (κ3) is 4.11. The summed E-state index contributed by atoms with van der Waals surface area (Å²) >= 11 is 0. The Labute approximate surface area is 120 Å². The maximum absolute atomic E-state index is 12.2. The second-order valence-electron chi connectivity index (χ2n) is 5.34. The van der Waals surface area contributed by atoms with Gasteiger partial charge in [0.15, 0.2) is 0 Å². The number of ether oxygens (including phenoxy) is 1. The minimum Gasteiger partial charge on any atom is -0.492 e. The number of anilines is 1. The molecule has 0 radical (unpaired) electrons. The molecule has 0 amide bonds. The van der Waals surface area contributed by atoms with Gasteiger partial charge in [0.25, 0.3) is 0 Å². The number of benzene rings is 1. The molecular formula is C14H22N2O3S. The smallest absolute Gasteiger partial charge is 0.217 e. The Kier molecular flexibility index (Phi) is 4.88. The summed E-state index contributed by atoms with van der Waals surface area (Å²) in [6.45, 7) is 3.49. The summed E-state index contributed by atoms with van der Waals surface area (Å²) in [5, 5.41) is 0. The van der Waals surface area contributed by atoms with E-state index in [0.29, 0.717) is 30.4 Å². The van der Waals surface area contributed by atoms with Gasteiger partial charge >= 0.3 is 0 Å². The van der Waals surface area contributed by atoms with Crippen LogP contribution in [0.2, 0.25) is 0 Å². The minimum absolute atomic E-state index is 0.00845. The molecule has 1 fully saturated rings. The topological polar surface area (TPSA) is 72.6 Å². The van der Waals surface area contributed by atoms with Crippen molar-refractivity contribution in [3.8, 4) is 5.75 Å². The van der Waals surface area contributed by atoms with Crippen molar-refractivity contribution in [2.45, 2.75) is 19.8 Å². The molecular weight excluding hydrogens is 276 g/mol. The second-order valence-corrected chi connectivity index (χ2v) is 7.43. The highest BCUT2D eigenvalue weighted by Gasteiger charge is 2.26.